The number of rotatable bonds is 3. The zero-order valence-electron chi connectivity index (χ0n) is 9.73. The van der Waals surface area contributed by atoms with E-state index in [9.17, 15) is 4.79 Å². The molecule has 0 aliphatic carbocycles. The van der Waals surface area contributed by atoms with E-state index in [0.29, 0.717) is 11.4 Å². The molecule has 1 N–H and O–H groups in total. The summed E-state index contributed by atoms with van der Waals surface area (Å²) in [7, 11) is 1.52. The van der Waals surface area contributed by atoms with Gasteiger partial charge in [0.15, 0.2) is 0 Å². The summed E-state index contributed by atoms with van der Waals surface area (Å²) in [4.78, 5) is 20.1. The third-order valence-corrected chi connectivity index (χ3v) is 3.60. The molecular formula is C11H10BrN3O2S. The van der Waals surface area contributed by atoms with Gasteiger partial charge < -0.3 is 4.74 Å². The molecule has 0 spiro atoms. The molecule has 7 heteroatoms. The fourth-order valence-corrected chi connectivity index (χ4v) is 2.44. The topological polar surface area (TPSA) is 64.1 Å². The quantitative estimate of drug-likeness (QED) is 0.941. The van der Waals surface area contributed by atoms with Crippen LogP contribution in [0.25, 0.3) is 0 Å². The fourth-order valence-electron chi connectivity index (χ4n) is 1.30. The zero-order chi connectivity index (χ0) is 13.1. The Balaban J connectivity index is 2.18. The molecule has 2 aromatic rings. The van der Waals surface area contributed by atoms with Crippen LogP contribution in [0, 0.1) is 6.92 Å². The summed E-state index contributed by atoms with van der Waals surface area (Å²) in [6, 6.07) is 3.43. The first-order valence-corrected chi connectivity index (χ1v) is 6.71. The average molecular weight is 328 g/mol. The van der Waals surface area contributed by atoms with Crippen LogP contribution in [0.4, 0.5) is 5.95 Å². The van der Waals surface area contributed by atoms with Gasteiger partial charge in [0.05, 0.1) is 16.5 Å². The van der Waals surface area contributed by atoms with Gasteiger partial charge in [0, 0.05) is 17.1 Å². The molecule has 0 aromatic carbocycles. The molecule has 2 heterocycles. The minimum atomic E-state index is -0.246. The van der Waals surface area contributed by atoms with Crippen molar-refractivity contribution in [2.45, 2.75) is 6.92 Å². The van der Waals surface area contributed by atoms with E-state index in [1.807, 2.05) is 0 Å². The predicted molar refractivity (Wildman–Crippen MR) is 73.3 cm³/mol. The number of carbonyl (C=O) groups excluding carboxylic acids is 1. The van der Waals surface area contributed by atoms with Crippen molar-refractivity contribution in [3.8, 4) is 5.88 Å². The van der Waals surface area contributed by atoms with E-state index in [2.05, 4.69) is 31.2 Å². The highest BCUT2D eigenvalue weighted by atomic mass is 79.9. The van der Waals surface area contributed by atoms with Gasteiger partial charge in [0.25, 0.3) is 5.91 Å². The van der Waals surface area contributed by atoms with Crippen molar-refractivity contribution < 1.29 is 9.53 Å². The van der Waals surface area contributed by atoms with Crippen LogP contribution in [0.15, 0.2) is 21.3 Å². The lowest BCUT2D eigenvalue weighted by atomic mass is 10.3. The lowest BCUT2D eigenvalue weighted by molar-refractivity contribution is 0.102. The van der Waals surface area contributed by atoms with Gasteiger partial charge in [-0.15, -0.1) is 11.3 Å². The van der Waals surface area contributed by atoms with Gasteiger partial charge in [-0.1, -0.05) is 0 Å². The third-order valence-electron chi connectivity index (χ3n) is 2.09. The number of thiophene rings is 1. The lowest BCUT2D eigenvalue weighted by Gasteiger charge is -2.05. The van der Waals surface area contributed by atoms with Gasteiger partial charge in [-0.2, -0.15) is 4.98 Å². The molecule has 0 fully saturated rings. The van der Waals surface area contributed by atoms with E-state index in [1.165, 1.54) is 18.4 Å². The van der Waals surface area contributed by atoms with Crippen LogP contribution >= 0.6 is 27.3 Å². The second-order valence-corrected chi connectivity index (χ2v) is 5.76. The molecule has 0 saturated carbocycles. The van der Waals surface area contributed by atoms with Crippen molar-refractivity contribution in [3.05, 3.63) is 32.6 Å². The molecular weight excluding hydrogens is 318 g/mol. The largest absolute Gasteiger partial charge is 0.481 e. The number of amides is 1. The van der Waals surface area contributed by atoms with Crippen LogP contribution in [0.1, 0.15) is 16.1 Å². The number of aromatic nitrogens is 2. The van der Waals surface area contributed by atoms with Crippen LogP contribution in [0.2, 0.25) is 0 Å². The maximum Gasteiger partial charge on any atom is 0.258 e. The molecule has 0 atom stereocenters. The molecule has 0 bridgehead atoms. The molecule has 0 unspecified atom stereocenters. The van der Waals surface area contributed by atoms with Gasteiger partial charge in [0.1, 0.15) is 0 Å². The molecule has 5 nitrogen and oxygen atoms in total. The molecule has 18 heavy (non-hydrogen) atoms. The summed E-state index contributed by atoms with van der Waals surface area (Å²) in [6.45, 7) is 1.81. The highest BCUT2D eigenvalue weighted by molar-refractivity contribution is 9.11. The van der Waals surface area contributed by atoms with E-state index < -0.39 is 0 Å². The SMILES string of the molecule is COc1cc(C)nc(NC(=O)c2csc(Br)c2)n1. The van der Waals surface area contributed by atoms with E-state index in [4.69, 9.17) is 4.74 Å². The zero-order valence-corrected chi connectivity index (χ0v) is 12.1. The number of nitrogens with one attached hydrogen (secondary N) is 1. The fraction of sp³-hybridized carbons (Fsp3) is 0.182. The van der Waals surface area contributed by atoms with Crippen LogP contribution in [-0.4, -0.2) is 23.0 Å². The van der Waals surface area contributed by atoms with Crippen LogP contribution in [-0.2, 0) is 0 Å². The van der Waals surface area contributed by atoms with Crippen LogP contribution < -0.4 is 10.1 Å². The maximum absolute atomic E-state index is 11.9. The number of hydrogen-bond donors (Lipinski definition) is 1. The lowest BCUT2D eigenvalue weighted by Crippen LogP contribution is -2.14. The number of nitrogens with zero attached hydrogens (tertiary/aromatic N) is 2. The Morgan fingerprint density at radius 2 is 2.22 bits per heavy atom. The second-order valence-electron chi connectivity index (χ2n) is 3.47. The van der Waals surface area contributed by atoms with Crippen molar-refractivity contribution >= 4 is 39.1 Å². The highest BCUT2D eigenvalue weighted by Gasteiger charge is 2.11. The Hall–Kier alpha value is -1.47. The van der Waals surface area contributed by atoms with Gasteiger partial charge in [-0.05, 0) is 28.9 Å². The Morgan fingerprint density at radius 1 is 1.44 bits per heavy atom. The smallest absolute Gasteiger partial charge is 0.258 e. The molecule has 0 saturated heterocycles. The number of anilines is 1. The Kier molecular flexibility index (Phi) is 3.93. The van der Waals surface area contributed by atoms with E-state index >= 15 is 0 Å². The number of ether oxygens (including phenoxy) is 1. The Morgan fingerprint density at radius 3 is 2.83 bits per heavy atom. The number of halogens is 1. The standard InChI is InChI=1S/C11H10BrN3O2S/c1-6-3-9(17-2)14-11(13-6)15-10(16)7-4-8(12)18-5-7/h3-5H,1-2H3,(H,13,14,15,16). The Bertz CT molecular complexity index is 585. The van der Waals surface area contributed by atoms with Gasteiger partial charge >= 0.3 is 0 Å². The summed E-state index contributed by atoms with van der Waals surface area (Å²) >= 11 is 4.75. The van der Waals surface area contributed by atoms with Crippen LogP contribution in [0.5, 0.6) is 5.88 Å². The van der Waals surface area contributed by atoms with Crippen LogP contribution in [0.3, 0.4) is 0 Å². The minimum absolute atomic E-state index is 0.235. The van der Waals surface area contributed by atoms with Crippen molar-refractivity contribution in [3.63, 3.8) is 0 Å². The summed E-state index contributed by atoms with van der Waals surface area (Å²) < 4.78 is 5.92. The van der Waals surface area contributed by atoms with E-state index in [-0.39, 0.29) is 11.9 Å². The summed E-state index contributed by atoms with van der Waals surface area (Å²) in [5, 5.41) is 4.39. The summed E-state index contributed by atoms with van der Waals surface area (Å²) in [6.07, 6.45) is 0. The first kappa shape index (κ1) is 13.0. The monoisotopic (exact) mass is 327 g/mol. The van der Waals surface area contributed by atoms with E-state index in [1.54, 1.807) is 24.4 Å². The number of aryl methyl sites for hydroxylation is 1. The molecule has 1 amide bonds. The highest BCUT2D eigenvalue weighted by Crippen LogP contribution is 2.21. The molecule has 0 aliphatic heterocycles. The van der Waals surface area contributed by atoms with Crippen molar-refractivity contribution in [2.75, 3.05) is 12.4 Å². The molecule has 0 radical (unpaired) electrons. The maximum atomic E-state index is 11.9. The van der Waals surface area contributed by atoms with E-state index in [0.717, 1.165) is 9.48 Å². The molecule has 0 aliphatic rings. The second kappa shape index (κ2) is 5.45. The average Bonchev–Trinajstić information content (AvgIpc) is 2.75. The first-order valence-electron chi connectivity index (χ1n) is 5.03. The number of methoxy groups -OCH3 is 1. The van der Waals surface area contributed by atoms with Gasteiger partial charge in [-0.25, -0.2) is 4.98 Å². The molecule has 94 valence electrons. The van der Waals surface area contributed by atoms with Gasteiger partial charge in [0.2, 0.25) is 11.8 Å². The third kappa shape index (κ3) is 3.05. The predicted octanol–water partition coefficient (Wildman–Crippen LogP) is 2.87. The first-order chi connectivity index (χ1) is 8.58. The normalized spacial score (nSPS) is 10.2. The Labute approximate surface area is 116 Å². The molecule has 2 rings (SSSR count). The number of hydrogen-bond acceptors (Lipinski definition) is 5. The molecule has 2 aromatic heterocycles. The number of carbonyl (C=O) groups is 1. The van der Waals surface area contributed by atoms with Gasteiger partial charge in [-0.3, -0.25) is 10.1 Å². The summed E-state index contributed by atoms with van der Waals surface area (Å²) in [5.74, 6) is 0.410. The van der Waals surface area contributed by atoms with Crippen molar-refractivity contribution in [1.29, 1.82) is 0 Å². The minimum Gasteiger partial charge on any atom is -0.481 e. The van der Waals surface area contributed by atoms with Crippen molar-refractivity contribution in [1.82, 2.24) is 9.97 Å². The summed E-state index contributed by atoms with van der Waals surface area (Å²) in [5.41, 5.74) is 1.29. The van der Waals surface area contributed by atoms with Crippen molar-refractivity contribution in [2.24, 2.45) is 0 Å².